The van der Waals surface area contributed by atoms with Crippen LogP contribution >= 0.6 is 21.6 Å². The zero-order chi connectivity index (χ0) is 26.4. The van der Waals surface area contributed by atoms with E-state index in [1.165, 1.54) is 22.9 Å². The minimum Gasteiger partial charge on any atom is -0.478 e. The van der Waals surface area contributed by atoms with Crippen molar-refractivity contribution in [2.24, 2.45) is 0 Å². The number of hydrogen-bond donors (Lipinski definition) is 3. The predicted octanol–water partition coefficient (Wildman–Crippen LogP) is 5.08. The predicted molar refractivity (Wildman–Crippen MR) is 140 cm³/mol. The maximum Gasteiger partial charge on any atom is 0.337 e. The van der Waals surface area contributed by atoms with Gasteiger partial charge in [-0.3, -0.25) is 9.54 Å². The lowest BCUT2D eigenvalue weighted by atomic mass is 9.89. The molecule has 3 aromatic rings. The number of nitrogens with zero attached hydrogens (tertiary/aromatic N) is 2. The highest BCUT2D eigenvalue weighted by Gasteiger charge is 2.30. The SMILES string of the molecule is Cc1nc(C)c(-c2ccc(-c3ccc(C4=CC(S(=O)(=O)O)SS4)cc3)c(C(=O)O)c2C(=O)O)nc1C. The molecule has 1 aliphatic heterocycles. The van der Waals surface area contributed by atoms with E-state index in [-0.39, 0.29) is 22.3 Å². The molecule has 0 saturated heterocycles. The summed E-state index contributed by atoms with van der Waals surface area (Å²) in [5.41, 5.74) is 2.85. The van der Waals surface area contributed by atoms with Crippen molar-refractivity contribution in [3.05, 3.63) is 76.2 Å². The Balaban J connectivity index is 1.83. The molecule has 0 fully saturated rings. The second-order valence-electron chi connectivity index (χ2n) is 8.02. The summed E-state index contributed by atoms with van der Waals surface area (Å²) in [5, 5.41) is 20.1. The van der Waals surface area contributed by atoms with Crippen molar-refractivity contribution in [3.63, 3.8) is 0 Å². The molecule has 1 aromatic heterocycles. The van der Waals surface area contributed by atoms with E-state index in [4.69, 9.17) is 0 Å². The standard InChI is InChI=1S/C24H20N2O7S3/c1-11-12(2)26-22(13(3)25-11)17-9-8-16(20(23(27)28)21(17)24(29)30)14-4-6-15(7-5-14)18-10-19(35-34-18)36(31,32)33/h4-10,19H,1-3H3,(H,27,28)(H,29,30)(H,31,32,33). The molecule has 3 N–H and O–H groups in total. The van der Waals surface area contributed by atoms with E-state index >= 15 is 0 Å². The highest BCUT2D eigenvalue weighted by atomic mass is 33.1. The number of carboxylic acids is 2. The van der Waals surface area contributed by atoms with Gasteiger partial charge < -0.3 is 10.2 Å². The van der Waals surface area contributed by atoms with Gasteiger partial charge in [0.1, 0.15) is 0 Å². The number of benzene rings is 2. The molecule has 12 heteroatoms. The fraction of sp³-hybridized carbons (Fsp3) is 0.167. The molecule has 186 valence electrons. The topological polar surface area (TPSA) is 155 Å². The first-order chi connectivity index (χ1) is 16.9. The third kappa shape index (κ3) is 4.89. The molecule has 1 aliphatic rings. The number of aromatic carboxylic acids is 2. The second kappa shape index (κ2) is 9.69. The summed E-state index contributed by atoms with van der Waals surface area (Å²) in [5.74, 6) is -2.80. The van der Waals surface area contributed by atoms with Crippen molar-refractivity contribution in [2.45, 2.75) is 25.4 Å². The van der Waals surface area contributed by atoms with Gasteiger partial charge in [-0.25, -0.2) is 14.6 Å². The quantitative estimate of drug-likeness (QED) is 0.281. The van der Waals surface area contributed by atoms with Crippen LogP contribution in [0, 0.1) is 20.8 Å². The Morgan fingerprint density at radius 3 is 1.89 bits per heavy atom. The lowest BCUT2D eigenvalue weighted by Gasteiger charge is -2.16. The minimum atomic E-state index is -4.22. The summed E-state index contributed by atoms with van der Waals surface area (Å²) in [6.07, 6.45) is 1.44. The Labute approximate surface area is 214 Å². The van der Waals surface area contributed by atoms with Gasteiger partial charge in [-0.05, 0) is 43.5 Å². The summed E-state index contributed by atoms with van der Waals surface area (Å²) >= 11 is 0. The average Bonchev–Trinajstić information content (AvgIpc) is 3.31. The van der Waals surface area contributed by atoms with Crippen LogP contribution in [-0.2, 0) is 10.1 Å². The number of hydrogen-bond acceptors (Lipinski definition) is 8. The van der Waals surface area contributed by atoms with Crippen LogP contribution in [0.1, 0.15) is 43.4 Å². The Morgan fingerprint density at radius 1 is 0.806 bits per heavy atom. The van der Waals surface area contributed by atoms with Gasteiger partial charge in [-0.15, -0.1) is 0 Å². The Morgan fingerprint density at radius 2 is 1.33 bits per heavy atom. The zero-order valence-electron chi connectivity index (χ0n) is 19.2. The summed E-state index contributed by atoms with van der Waals surface area (Å²) in [6, 6.07) is 9.71. The molecule has 9 nitrogen and oxygen atoms in total. The Kier molecular flexibility index (Phi) is 6.97. The number of rotatable bonds is 6. The van der Waals surface area contributed by atoms with E-state index in [2.05, 4.69) is 9.97 Å². The zero-order valence-corrected chi connectivity index (χ0v) is 21.7. The molecule has 36 heavy (non-hydrogen) atoms. The second-order valence-corrected chi connectivity index (χ2v) is 12.2. The normalized spacial score (nSPS) is 15.6. The summed E-state index contributed by atoms with van der Waals surface area (Å²) < 4.78 is 31.0. The third-order valence-electron chi connectivity index (χ3n) is 5.66. The van der Waals surface area contributed by atoms with Gasteiger partial charge in [0.2, 0.25) is 0 Å². The van der Waals surface area contributed by atoms with Crippen LogP contribution in [0.15, 0.2) is 42.5 Å². The van der Waals surface area contributed by atoms with Crippen molar-refractivity contribution in [1.29, 1.82) is 0 Å². The van der Waals surface area contributed by atoms with E-state index in [1.807, 2.05) is 0 Å². The van der Waals surface area contributed by atoms with Gasteiger partial charge in [0.15, 0.2) is 4.58 Å². The molecule has 2 heterocycles. The molecule has 0 bridgehead atoms. The molecule has 0 aliphatic carbocycles. The number of carboxylic acid groups (broad SMARTS) is 2. The van der Waals surface area contributed by atoms with Crippen molar-refractivity contribution < 1.29 is 32.8 Å². The van der Waals surface area contributed by atoms with Gasteiger partial charge in [-0.2, -0.15) is 8.42 Å². The molecule has 2 aromatic carbocycles. The molecular weight excluding hydrogens is 524 g/mol. The summed E-state index contributed by atoms with van der Waals surface area (Å²) in [7, 11) is -2.02. The molecule has 0 saturated carbocycles. The van der Waals surface area contributed by atoms with Crippen LogP contribution in [0.25, 0.3) is 27.3 Å². The first kappa shape index (κ1) is 25.9. The van der Waals surface area contributed by atoms with Gasteiger partial charge in [-0.1, -0.05) is 58.0 Å². The molecular formula is C24H20N2O7S3. The van der Waals surface area contributed by atoms with Crippen LogP contribution in [0.2, 0.25) is 0 Å². The van der Waals surface area contributed by atoms with Crippen LogP contribution in [0.4, 0.5) is 0 Å². The first-order valence-electron chi connectivity index (χ1n) is 10.5. The minimum absolute atomic E-state index is 0.161. The van der Waals surface area contributed by atoms with Crippen LogP contribution < -0.4 is 0 Å². The van der Waals surface area contributed by atoms with Gasteiger partial charge in [0, 0.05) is 10.5 Å². The van der Waals surface area contributed by atoms with Crippen molar-refractivity contribution in [2.75, 3.05) is 0 Å². The fourth-order valence-corrected chi connectivity index (χ4v) is 7.98. The highest BCUT2D eigenvalue weighted by molar-refractivity contribution is 8.82. The summed E-state index contributed by atoms with van der Waals surface area (Å²) in [4.78, 5) is 34.2. The van der Waals surface area contributed by atoms with Crippen molar-refractivity contribution in [1.82, 2.24) is 9.97 Å². The highest BCUT2D eigenvalue weighted by Crippen LogP contribution is 2.48. The average molecular weight is 545 g/mol. The van der Waals surface area contributed by atoms with Crippen LogP contribution in [-0.4, -0.2) is 49.7 Å². The molecule has 4 rings (SSSR count). The van der Waals surface area contributed by atoms with E-state index in [1.54, 1.807) is 51.1 Å². The Hall–Kier alpha value is -3.19. The number of carbonyl (C=O) groups is 2. The Bertz CT molecular complexity index is 1550. The maximum atomic E-state index is 12.3. The molecule has 1 unspecified atom stereocenters. The van der Waals surface area contributed by atoms with E-state index in [9.17, 15) is 32.8 Å². The number of aromatic nitrogens is 2. The molecule has 0 amide bonds. The fourth-order valence-electron chi connectivity index (χ4n) is 3.83. The van der Waals surface area contributed by atoms with Crippen molar-refractivity contribution >= 4 is 48.5 Å². The van der Waals surface area contributed by atoms with E-state index in [0.717, 1.165) is 10.8 Å². The summed E-state index contributed by atoms with van der Waals surface area (Å²) in [6.45, 7) is 5.22. The molecule has 0 radical (unpaired) electrons. The molecule has 1 atom stereocenters. The van der Waals surface area contributed by atoms with Gasteiger partial charge >= 0.3 is 11.9 Å². The third-order valence-corrected chi connectivity index (χ3v) is 10.2. The maximum absolute atomic E-state index is 12.3. The smallest absolute Gasteiger partial charge is 0.337 e. The molecule has 0 spiro atoms. The van der Waals surface area contributed by atoms with Crippen LogP contribution in [0.5, 0.6) is 0 Å². The first-order valence-corrected chi connectivity index (χ1v) is 14.2. The van der Waals surface area contributed by atoms with E-state index < -0.39 is 26.6 Å². The number of aryl methyl sites for hydroxylation is 3. The lowest BCUT2D eigenvalue weighted by molar-refractivity contribution is 0.0653. The van der Waals surface area contributed by atoms with Crippen molar-refractivity contribution in [3.8, 4) is 22.4 Å². The lowest BCUT2D eigenvalue weighted by Crippen LogP contribution is -2.13. The van der Waals surface area contributed by atoms with E-state index in [0.29, 0.717) is 38.8 Å². The van der Waals surface area contributed by atoms with Gasteiger partial charge in [0.05, 0.1) is 33.9 Å². The monoisotopic (exact) mass is 544 g/mol. The van der Waals surface area contributed by atoms with Crippen LogP contribution in [0.3, 0.4) is 0 Å². The largest absolute Gasteiger partial charge is 0.478 e. The van der Waals surface area contributed by atoms with Gasteiger partial charge in [0.25, 0.3) is 10.1 Å².